The molecule has 0 spiro atoms. The van der Waals surface area contributed by atoms with E-state index >= 15 is 0 Å². The third-order valence-corrected chi connectivity index (χ3v) is 4.99. The first kappa shape index (κ1) is 16.5. The van der Waals surface area contributed by atoms with E-state index in [9.17, 15) is 0 Å². The van der Waals surface area contributed by atoms with Gasteiger partial charge in [0, 0.05) is 12.6 Å². The van der Waals surface area contributed by atoms with Crippen molar-refractivity contribution in [2.75, 3.05) is 26.2 Å². The highest BCUT2D eigenvalue weighted by molar-refractivity contribution is 5.33. The van der Waals surface area contributed by atoms with Crippen LogP contribution in [0.1, 0.15) is 55.8 Å². The Balaban J connectivity index is 2.04. The summed E-state index contributed by atoms with van der Waals surface area (Å²) in [6, 6.07) is 7.31. The normalized spacial score (nSPS) is 18.9. The van der Waals surface area contributed by atoms with E-state index in [2.05, 4.69) is 56.1 Å². The molecule has 1 atom stereocenters. The summed E-state index contributed by atoms with van der Waals surface area (Å²) < 4.78 is 0. The molecule has 1 aliphatic rings. The lowest BCUT2D eigenvalue weighted by molar-refractivity contribution is 0.166. The van der Waals surface area contributed by atoms with Gasteiger partial charge in [0.05, 0.1) is 0 Å². The van der Waals surface area contributed by atoms with E-state index < -0.39 is 0 Å². The Labute approximate surface area is 130 Å². The Bertz CT molecular complexity index is 433. The van der Waals surface area contributed by atoms with Crippen molar-refractivity contribution in [2.45, 2.75) is 53.0 Å². The predicted molar refractivity (Wildman–Crippen MR) is 91.8 cm³/mol. The lowest BCUT2D eigenvalue weighted by atomic mass is 9.93. The molecular formula is C19H32N2. The summed E-state index contributed by atoms with van der Waals surface area (Å²) in [5.41, 5.74) is 4.26. The van der Waals surface area contributed by atoms with Gasteiger partial charge < -0.3 is 10.2 Å². The first-order valence-electron chi connectivity index (χ1n) is 8.66. The number of hydrogen-bond acceptors (Lipinski definition) is 2. The van der Waals surface area contributed by atoms with Gasteiger partial charge in [0.15, 0.2) is 0 Å². The van der Waals surface area contributed by atoms with Crippen molar-refractivity contribution in [3.63, 3.8) is 0 Å². The highest BCUT2D eigenvalue weighted by Crippen LogP contribution is 2.24. The highest BCUT2D eigenvalue weighted by Gasteiger charge is 2.22. The first-order valence-corrected chi connectivity index (χ1v) is 8.66. The number of nitrogens with zero attached hydrogens (tertiary/aromatic N) is 1. The molecule has 1 unspecified atom stereocenters. The molecule has 0 amide bonds. The molecule has 1 aliphatic heterocycles. The van der Waals surface area contributed by atoms with Gasteiger partial charge >= 0.3 is 0 Å². The molecule has 21 heavy (non-hydrogen) atoms. The molecule has 1 heterocycles. The fraction of sp³-hybridized carbons (Fsp3) is 0.684. The van der Waals surface area contributed by atoms with E-state index in [1.54, 1.807) is 0 Å². The minimum Gasteiger partial charge on any atom is -0.309 e. The SMILES string of the molecule is CCNC(CN1CCC(CC)CC1)c1cc(C)ccc1C. The standard InChI is InChI=1S/C19H32N2/c1-5-17-9-11-21(12-10-17)14-19(20-6-2)18-13-15(3)7-8-16(18)4/h7-8,13,17,19-20H,5-6,9-12,14H2,1-4H3. The zero-order valence-corrected chi connectivity index (χ0v) is 14.3. The highest BCUT2D eigenvalue weighted by atomic mass is 15.2. The van der Waals surface area contributed by atoms with Crippen molar-refractivity contribution in [2.24, 2.45) is 5.92 Å². The maximum atomic E-state index is 3.70. The van der Waals surface area contributed by atoms with Gasteiger partial charge in [-0.15, -0.1) is 0 Å². The Morgan fingerprint density at radius 3 is 2.52 bits per heavy atom. The summed E-state index contributed by atoms with van der Waals surface area (Å²) in [5.74, 6) is 0.958. The number of piperidine rings is 1. The van der Waals surface area contributed by atoms with Crippen molar-refractivity contribution in [3.05, 3.63) is 34.9 Å². The lowest BCUT2D eigenvalue weighted by Crippen LogP contribution is -2.40. The van der Waals surface area contributed by atoms with E-state index in [-0.39, 0.29) is 0 Å². The Kier molecular flexibility index (Phi) is 6.25. The van der Waals surface area contributed by atoms with Crippen LogP contribution in [-0.4, -0.2) is 31.1 Å². The molecule has 1 aromatic rings. The van der Waals surface area contributed by atoms with E-state index in [0.29, 0.717) is 6.04 Å². The van der Waals surface area contributed by atoms with Gasteiger partial charge in [-0.25, -0.2) is 0 Å². The molecule has 0 saturated carbocycles. The fourth-order valence-corrected chi connectivity index (χ4v) is 3.49. The molecule has 0 bridgehead atoms. The number of rotatable bonds is 6. The molecule has 0 radical (unpaired) electrons. The molecule has 0 aliphatic carbocycles. The van der Waals surface area contributed by atoms with Crippen LogP contribution in [0.25, 0.3) is 0 Å². The van der Waals surface area contributed by atoms with Crippen LogP contribution in [0.3, 0.4) is 0 Å². The van der Waals surface area contributed by atoms with Crippen molar-refractivity contribution < 1.29 is 0 Å². The summed E-state index contributed by atoms with van der Waals surface area (Å²) >= 11 is 0. The van der Waals surface area contributed by atoms with Gasteiger partial charge in [-0.05, 0) is 63.4 Å². The van der Waals surface area contributed by atoms with Crippen molar-refractivity contribution in [1.82, 2.24) is 10.2 Å². The second-order valence-electron chi connectivity index (χ2n) is 6.62. The van der Waals surface area contributed by atoms with Crippen LogP contribution < -0.4 is 5.32 Å². The van der Waals surface area contributed by atoms with Gasteiger partial charge in [0.2, 0.25) is 0 Å². The number of likely N-dealkylation sites (tertiary alicyclic amines) is 1. The molecular weight excluding hydrogens is 256 g/mol. The van der Waals surface area contributed by atoms with E-state index in [1.807, 2.05) is 0 Å². The number of nitrogens with one attached hydrogen (secondary N) is 1. The zero-order chi connectivity index (χ0) is 15.2. The number of hydrogen-bond donors (Lipinski definition) is 1. The third-order valence-electron chi connectivity index (χ3n) is 4.99. The Morgan fingerprint density at radius 1 is 1.19 bits per heavy atom. The molecule has 1 fully saturated rings. The Morgan fingerprint density at radius 2 is 1.90 bits per heavy atom. The number of likely N-dealkylation sites (N-methyl/N-ethyl adjacent to an activating group) is 1. The summed E-state index contributed by atoms with van der Waals surface area (Å²) in [4.78, 5) is 2.65. The third kappa shape index (κ3) is 4.55. The van der Waals surface area contributed by atoms with Crippen molar-refractivity contribution in [3.8, 4) is 0 Å². The maximum absolute atomic E-state index is 3.70. The van der Waals surface area contributed by atoms with Gasteiger partial charge in [-0.1, -0.05) is 44.0 Å². The van der Waals surface area contributed by atoms with Crippen LogP contribution in [-0.2, 0) is 0 Å². The number of benzene rings is 1. The van der Waals surface area contributed by atoms with E-state index in [0.717, 1.165) is 19.0 Å². The molecule has 2 rings (SSSR count). The molecule has 1 aromatic carbocycles. The molecule has 2 heteroatoms. The minimum absolute atomic E-state index is 0.466. The quantitative estimate of drug-likeness (QED) is 0.848. The maximum Gasteiger partial charge on any atom is 0.0451 e. The second-order valence-corrected chi connectivity index (χ2v) is 6.62. The summed E-state index contributed by atoms with van der Waals surface area (Å²) in [7, 11) is 0. The van der Waals surface area contributed by atoms with Crippen LogP contribution in [0.5, 0.6) is 0 Å². The lowest BCUT2D eigenvalue weighted by Gasteiger charge is -2.34. The van der Waals surface area contributed by atoms with Crippen LogP contribution in [0.4, 0.5) is 0 Å². The fourth-order valence-electron chi connectivity index (χ4n) is 3.49. The summed E-state index contributed by atoms with van der Waals surface area (Å²) in [6.07, 6.45) is 4.10. The smallest absolute Gasteiger partial charge is 0.0451 e. The van der Waals surface area contributed by atoms with Gasteiger partial charge in [-0.2, -0.15) is 0 Å². The van der Waals surface area contributed by atoms with Crippen molar-refractivity contribution >= 4 is 0 Å². The molecule has 0 aromatic heterocycles. The Hall–Kier alpha value is -0.860. The van der Waals surface area contributed by atoms with Gasteiger partial charge in [0.1, 0.15) is 0 Å². The van der Waals surface area contributed by atoms with Crippen LogP contribution in [0, 0.1) is 19.8 Å². The average Bonchev–Trinajstić information content (AvgIpc) is 2.50. The van der Waals surface area contributed by atoms with Crippen LogP contribution in [0.2, 0.25) is 0 Å². The van der Waals surface area contributed by atoms with Crippen LogP contribution in [0.15, 0.2) is 18.2 Å². The topological polar surface area (TPSA) is 15.3 Å². The first-order chi connectivity index (χ1) is 10.1. The van der Waals surface area contributed by atoms with E-state index in [1.165, 1.54) is 49.0 Å². The zero-order valence-electron chi connectivity index (χ0n) is 14.3. The summed E-state index contributed by atoms with van der Waals surface area (Å²) in [6.45, 7) is 13.7. The van der Waals surface area contributed by atoms with Crippen molar-refractivity contribution in [1.29, 1.82) is 0 Å². The van der Waals surface area contributed by atoms with Gasteiger partial charge in [-0.3, -0.25) is 0 Å². The second kappa shape index (κ2) is 7.95. The van der Waals surface area contributed by atoms with E-state index in [4.69, 9.17) is 0 Å². The van der Waals surface area contributed by atoms with Gasteiger partial charge in [0.25, 0.3) is 0 Å². The monoisotopic (exact) mass is 288 g/mol. The number of aryl methyl sites for hydroxylation is 2. The van der Waals surface area contributed by atoms with Crippen LogP contribution >= 0.6 is 0 Å². The molecule has 1 N–H and O–H groups in total. The largest absolute Gasteiger partial charge is 0.309 e. The summed E-state index contributed by atoms with van der Waals surface area (Å²) in [5, 5.41) is 3.70. The average molecular weight is 288 g/mol. The molecule has 2 nitrogen and oxygen atoms in total. The predicted octanol–water partition coefficient (Wildman–Crippen LogP) is 4.08. The minimum atomic E-state index is 0.466. The molecule has 118 valence electrons. The molecule has 1 saturated heterocycles.